The highest BCUT2D eigenvalue weighted by molar-refractivity contribution is 7.94. The topological polar surface area (TPSA) is 86.8 Å². The van der Waals surface area contributed by atoms with E-state index in [-0.39, 0.29) is 30.0 Å². The first-order valence-corrected chi connectivity index (χ1v) is 12.4. The van der Waals surface area contributed by atoms with Crippen LogP contribution in [0.1, 0.15) is 41.2 Å². The Balaban J connectivity index is 1.55. The number of rotatable bonds is 6. The Morgan fingerprint density at radius 3 is 2.53 bits per heavy atom. The van der Waals surface area contributed by atoms with E-state index in [1.807, 2.05) is 0 Å². The highest BCUT2D eigenvalue weighted by Gasteiger charge is 2.36. The van der Waals surface area contributed by atoms with E-state index >= 15 is 0 Å². The molecule has 2 saturated heterocycles. The van der Waals surface area contributed by atoms with Crippen molar-refractivity contribution in [1.29, 1.82) is 0 Å². The molecule has 1 unspecified atom stereocenters. The molecule has 32 heavy (non-hydrogen) atoms. The molecule has 0 aromatic heterocycles. The van der Waals surface area contributed by atoms with Crippen molar-refractivity contribution in [2.75, 3.05) is 29.7 Å². The van der Waals surface area contributed by atoms with Gasteiger partial charge in [-0.3, -0.25) is 14.5 Å². The predicted molar refractivity (Wildman–Crippen MR) is 120 cm³/mol. The van der Waals surface area contributed by atoms with Crippen molar-refractivity contribution in [3.63, 3.8) is 0 Å². The number of anilines is 1. The number of nitrogens with one attached hydrogen (secondary N) is 1. The summed E-state index contributed by atoms with van der Waals surface area (Å²) in [6, 6.07) is 9.99. The molecule has 2 aromatic rings. The van der Waals surface area contributed by atoms with Gasteiger partial charge in [0.1, 0.15) is 5.82 Å². The summed E-state index contributed by atoms with van der Waals surface area (Å²) in [5, 5.41) is 3.12. The van der Waals surface area contributed by atoms with Crippen LogP contribution in [0.15, 0.2) is 42.5 Å². The van der Waals surface area contributed by atoms with Crippen molar-refractivity contribution in [2.24, 2.45) is 0 Å². The molecule has 2 aliphatic rings. The monoisotopic (exact) mass is 479 g/mol. The number of hydrogen-bond donors (Lipinski definition) is 1. The third-order valence-corrected chi connectivity index (χ3v) is 7.81. The number of halogens is 2. The molecule has 0 saturated carbocycles. The van der Waals surface area contributed by atoms with Crippen LogP contribution in [-0.2, 0) is 14.8 Å². The molecule has 170 valence electrons. The van der Waals surface area contributed by atoms with Crippen molar-refractivity contribution >= 4 is 39.1 Å². The Labute approximate surface area is 191 Å². The molecular weight excluding hydrogens is 457 g/mol. The van der Waals surface area contributed by atoms with Gasteiger partial charge in [0.05, 0.1) is 17.5 Å². The van der Waals surface area contributed by atoms with Gasteiger partial charge in [-0.15, -0.1) is 0 Å². The van der Waals surface area contributed by atoms with Crippen LogP contribution in [0.3, 0.4) is 0 Å². The lowest BCUT2D eigenvalue weighted by Crippen LogP contribution is -2.37. The van der Waals surface area contributed by atoms with Crippen LogP contribution in [0.25, 0.3) is 0 Å². The summed E-state index contributed by atoms with van der Waals surface area (Å²) < 4.78 is 39.7. The molecule has 1 atom stereocenters. The SMILES string of the molecule is O=C(NCC(c1c(F)cccc1Cl)N1CCCC1)c1cccc(N2C(=O)CCS2(=O)=O)c1. The number of hydrogen-bond acceptors (Lipinski definition) is 5. The molecule has 1 N–H and O–H groups in total. The molecule has 2 fully saturated rings. The van der Waals surface area contributed by atoms with E-state index in [4.69, 9.17) is 11.6 Å². The van der Waals surface area contributed by atoms with Crippen LogP contribution in [0.5, 0.6) is 0 Å². The molecule has 4 rings (SSSR count). The van der Waals surface area contributed by atoms with Gasteiger partial charge in [-0.2, -0.15) is 0 Å². The second kappa shape index (κ2) is 9.17. The zero-order valence-electron chi connectivity index (χ0n) is 17.3. The number of carbonyl (C=O) groups is 2. The lowest BCUT2D eigenvalue weighted by atomic mass is 10.0. The van der Waals surface area contributed by atoms with Crippen molar-refractivity contribution in [1.82, 2.24) is 10.2 Å². The molecule has 0 spiro atoms. The van der Waals surface area contributed by atoms with Gasteiger partial charge in [0.2, 0.25) is 15.9 Å². The minimum absolute atomic E-state index is 0.0837. The standard InChI is InChI=1S/C22H23ClFN3O4S/c23-17-7-4-8-18(24)21(17)19(26-10-1-2-11-26)14-25-22(29)15-5-3-6-16(13-15)27-20(28)9-12-32(27,30)31/h3-8,13,19H,1-2,9-12,14H2,(H,25,29). The minimum atomic E-state index is -3.73. The van der Waals surface area contributed by atoms with E-state index in [9.17, 15) is 22.4 Å². The van der Waals surface area contributed by atoms with Gasteiger partial charge in [-0.05, 0) is 56.3 Å². The molecule has 10 heteroatoms. The highest BCUT2D eigenvalue weighted by Crippen LogP contribution is 2.32. The van der Waals surface area contributed by atoms with Crippen molar-refractivity contribution < 1.29 is 22.4 Å². The Morgan fingerprint density at radius 2 is 1.88 bits per heavy atom. The van der Waals surface area contributed by atoms with E-state index in [1.165, 1.54) is 30.3 Å². The van der Waals surface area contributed by atoms with Gasteiger partial charge in [-0.25, -0.2) is 17.1 Å². The van der Waals surface area contributed by atoms with Crippen LogP contribution in [0, 0.1) is 5.82 Å². The maximum Gasteiger partial charge on any atom is 0.251 e. The summed E-state index contributed by atoms with van der Waals surface area (Å²) in [5.74, 6) is -1.65. The van der Waals surface area contributed by atoms with Crippen molar-refractivity contribution in [3.05, 3.63) is 64.4 Å². The zero-order chi connectivity index (χ0) is 22.9. The van der Waals surface area contributed by atoms with Gasteiger partial charge >= 0.3 is 0 Å². The first-order valence-electron chi connectivity index (χ1n) is 10.4. The highest BCUT2D eigenvalue weighted by atomic mass is 35.5. The number of carbonyl (C=O) groups excluding carboxylic acids is 2. The van der Waals surface area contributed by atoms with Gasteiger partial charge in [-0.1, -0.05) is 23.7 Å². The fourth-order valence-electron chi connectivity index (χ4n) is 4.23. The van der Waals surface area contributed by atoms with E-state index in [0.29, 0.717) is 10.6 Å². The molecule has 7 nitrogen and oxygen atoms in total. The fraction of sp³-hybridized carbons (Fsp3) is 0.364. The summed E-state index contributed by atoms with van der Waals surface area (Å²) in [6.07, 6.45) is 1.88. The van der Waals surface area contributed by atoms with Crippen LogP contribution in [0.4, 0.5) is 10.1 Å². The van der Waals surface area contributed by atoms with Gasteiger partial charge in [0.25, 0.3) is 5.91 Å². The van der Waals surface area contributed by atoms with E-state index in [0.717, 1.165) is 30.2 Å². The predicted octanol–water partition coefficient (Wildman–Crippen LogP) is 3.11. The Kier molecular flexibility index (Phi) is 6.50. The van der Waals surface area contributed by atoms with Gasteiger partial charge in [0, 0.05) is 29.1 Å². The average molecular weight is 480 g/mol. The largest absolute Gasteiger partial charge is 0.350 e. The van der Waals surface area contributed by atoms with Crippen molar-refractivity contribution in [3.8, 4) is 0 Å². The molecule has 0 radical (unpaired) electrons. The molecule has 2 aliphatic heterocycles. The van der Waals surface area contributed by atoms with Crippen LogP contribution < -0.4 is 9.62 Å². The number of amides is 2. The number of likely N-dealkylation sites (tertiary alicyclic amines) is 1. The smallest absolute Gasteiger partial charge is 0.251 e. The van der Waals surface area contributed by atoms with Crippen LogP contribution in [0.2, 0.25) is 5.02 Å². The Morgan fingerprint density at radius 1 is 1.16 bits per heavy atom. The quantitative estimate of drug-likeness (QED) is 0.688. The number of benzene rings is 2. The third kappa shape index (κ3) is 4.51. The van der Waals surface area contributed by atoms with E-state index in [1.54, 1.807) is 12.1 Å². The summed E-state index contributed by atoms with van der Waals surface area (Å²) in [6.45, 7) is 1.68. The molecule has 2 aromatic carbocycles. The second-order valence-corrected chi connectivity index (χ2v) is 10.2. The zero-order valence-corrected chi connectivity index (χ0v) is 18.8. The summed E-state index contributed by atoms with van der Waals surface area (Å²) in [5.41, 5.74) is 0.685. The van der Waals surface area contributed by atoms with Crippen molar-refractivity contribution in [2.45, 2.75) is 25.3 Å². The summed E-state index contributed by atoms with van der Waals surface area (Å²) >= 11 is 6.30. The lowest BCUT2D eigenvalue weighted by Gasteiger charge is -2.29. The number of nitrogens with zero attached hydrogens (tertiary/aromatic N) is 2. The van der Waals surface area contributed by atoms with Crippen LogP contribution in [-0.4, -0.2) is 50.5 Å². The fourth-order valence-corrected chi connectivity index (χ4v) is 5.97. The normalized spacial score (nSPS) is 19.3. The van der Waals surface area contributed by atoms with Gasteiger partial charge in [0.15, 0.2) is 0 Å². The first kappa shape index (κ1) is 22.7. The molecule has 2 amide bonds. The molecule has 0 aliphatic carbocycles. The second-order valence-electron chi connectivity index (χ2n) is 7.88. The lowest BCUT2D eigenvalue weighted by molar-refractivity contribution is -0.116. The average Bonchev–Trinajstić information content (AvgIpc) is 3.37. The van der Waals surface area contributed by atoms with E-state index < -0.39 is 33.7 Å². The molecule has 2 heterocycles. The first-order chi connectivity index (χ1) is 15.3. The van der Waals surface area contributed by atoms with Gasteiger partial charge < -0.3 is 5.32 Å². The maximum absolute atomic E-state index is 14.6. The number of sulfonamides is 1. The van der Waals surface area contributed by atoms with Crippen LogP contribution >= 0.6 is 11.6 Å². The van der Waals surface area contributed by atoms with E-state index in [2.05, 4.69) is 10.2 Å². The minimum Gasteiger partial charge on any atom is -0.350 e. The Hall–Kier alpha value is -2.49. The summed E-state index contributed by atoms with van der Waals surface area (Å²) in [4.78, 5) is 27.0. The Bertz CT molecular complexity index is 1130. The summed E-state index contributed by atoms with van der Waals surface area (Å²) in [7, 11) is -3.73. The maximum atomic E-state index is 14.6. The third-order valence-electron chi connectivity index (χ3n) is 5.79. The molecule has 0 bridgehead atoms. The molecular formula is C22H23ClFN3O4S.